The first-order valence-electron chi connectivity index (χ1n) is 7.37. The van der Waals surface area contributed by atoms with Crippen LogP contribution in [0.25, 0.3) is 0 Å². The number of nitrogens with one attached hydrogen (secondary N) is 2. The van der Waals surface area contributed by atoms with Gasteiger partial charge in [0.15, 0.2) is 0 Å². The van der Waals surface area contributed by atoms with Gasteiger partial charge in [-0.1, -0.05) is 12.1 Å². The summed E-state index contributed by atoms with van der Waals surface area (Å²) < 4.78 is 5.79. The van der Waals surface area contributed by atoms with Gasteiger partial charge in [-0.15, -0.1) is 0 Å². The molecule has 1 aromatic carbocycles. The van der Waals surface area contributed by atoms with E-state index in [1.165, 1.54) is 12.0 Å². The Balaban J connectivity index is 1.69. The van der Waals surface area contributed by atoms with Crippen LogP contribution >= 0.6 is 0 Å². The van der Waals surface area contributed by atoms with E-state index in [0.29, 0.717) is 19.0 Å². The van der Waals surface area contributed by atoms with Gasteiger partial charge in [-0.3, -0.25) is 4.79 Å². The lowest BCUT2D eigenvalue weighted by Gasteiger charge is -2.16. The van der Waals surface area contributed by atoms with Crippen molar-refractivity contribution in [1.82, 2.24) is 10.6 Å². The summed E-state index contributed by atoms with van der Waals surface area (Å²) in [6.07, 6.45) is 2.81. The maximum Gasteiger partial charge on any atom is 0.221 e. The Hall–Kier alpha value is -1.55. The van der Waals surface area contributed by atoms with Crippen molar-refractivity contribution in [3.05, 3.63) is 29.8 Å². The summed E-state index contributed by atoms with van der Waals surface area (Å²) in [5, 5.41) is 6.27. The highest BCUT2D eigenvalue weighted by Gasteiger charge is 2.17. The topological polar surface area (TPSA) is 50.4 Å². The predicted molar refractivity (Wildman–Crippen MR) is 79.9 cm³/mol. The maximum absolute atomic E-state index is 11.8. The second-order valence-corrected chi connectivity index (χ2v) is 5.55. The highest BCUT2D eigenvalue weighted by molar-refractivity contribution is 5.76. The molecule has 2 rings (SSSR count). The van der Waals surface area contributed by atoms with Crippen molar-refractivity contribution in [3.63, 3.8) is 0 Å². The van der Waals surface area contributed by atoms with E-state index in [-0.39, 0.29) is 12.0 Å². The zero-order chi connectivity index (χ0) is 14.4. The normalized spacial score (nSPS) is 19.6. The maximum atomic E-state index is 11.8. The largest absolute Gasteiger partial charge is 0.489 e. The van der Waals surface area contributed by atoms with E-state index in [1.54, 1.807) is 0 Å². The quantitative estimate of drug-likeness (QED) is 0.836. The zero-order valence-corrected chi connectivity index (χ0v) is 12.3. The molecule has 0 spiro atoms. The minimum Gasteiger partial charge on any atom is -0.489 e. The molecule has 1 amide bonds. The molecule has 2 N–H and O–H groups in total. The third-order valence-electron chi connectivity index (χ3n) is 3.51. The van der Waals surface area contributed by atoms with Crippen molar-refractivity contribution in [2.45, 2.75) is 45.3 Å². The van der Waals surface area contributed by atoms with E-state index in [4.69, 9.17) is 4.74 Å². The molecule has 0 aromatic heterocycles. The van der Waals surface area contributed by atoms with E-state index in [1.807, 2.05) is 38.1 Å². The third kappa shape index (κ3) is 4.85. The number of hydrogen-bond acceptors (Lipinski definition) is 3. The highest BCUT2D eigenvalue weighted by Crippen LogP contribution is 2.14. The number of carbonyl (C=O) groups is 1. The number of carbonyl (C=O) groups excluding carboxylic acids is 1. The van der Waals surface area contributed by atoms with Gasteiger partial charge in [0.05, 0.1) is 6.54 Å². The molecule has 4 nitrogen and oxygen atoms in total. The molecule has 0 aliphatic carbocycles. The number of ether oxygens (including phenoxy) is 1. The molecular formula is C16H24N2O2. The molecule has 1 heterocycles. The average Bonchev–Trinajstić information content (AvgIpc) is 2.89. The first kappa shape index (κ1) is 14.9. The van der Waals surface area contributed by atoms with Crippen molar-refractivity contribution in [2.75, 3.05) is 13.1 Å². The Morgan fingerprint density at radius 2 is 2.40 bits per heavy atom. The van der Waals surface area contributed by atoms with Crippen molar-refractivity contribution < 1.29 is 9.53 Å². The van der Waals surface area contributed by atoms with E-state index >= 15 is 0 Å². The fourth-order valence-corrected chi connectivity index (χ4v) is 2.45. The number of hydrogen-bond donors (Lipinski definition) is 2. The second-order valence-electron chi connectivity index (χ2n) is 5.55. The lowest BCUT2D eigenvalue weighted by atomic mass is 10.1. The van der Waals surface area contributed by atoms with Gasteiger partial charge in [-0.05, 0) is 50.9 Å². The van der Waals surface area contributed by atoms with E-state index in [9.17, 15) is 4.79 Å². The van der Waals surface area contributed by atoms with Gasteiger partial charge in [0, 0.05) is 12.5 Å². The molecule has 2 atom stereocenters. The van der Waals surface area contributed by atoms with Crippen LogP contribution in [0.1, 0.15) is 31.7 Å². The Morgan fingerprint density at radius 3 is 3.10 bits per heavy atom. The summed E-state index contributed by atoms with van der Waals surface area (Å²) in [7, 11) is 0. The summed E-state index contributed by atoms with van der Waals surface area (Å²) in [6, 6.07) is 8.30. The van der Waals surface area contributed by atoms with E-state index in [2.05, 4.69) is 10.6 Å². The third-order valence-corrected chi connectivity index (χ3v) is 3.51. The molecule has 1 aliphatic rings. The van der Waals surface area contributed by atoms with Gasteiger partial charge in [0.1, 0.15) is 11.9 Å². The SMILES string of the molecule is Cc1cccc(OC(C)CNC(=O)CC2CCCN2)c1. The Labute approximate surface area is 120 Å². The smallest absolute Gasteiger partial charge is 0.221 e. The lowest BCUT2D eigenvalue weighted by Crippen LogP contribution is -2.37. The standard InChI is InChI=1S/C16H24N2O2/c1-12-5-3-7-15(9-12)20-13(2)11-18-16(19)10-14-6-4-8-17-14/h3,5,7,9,13-14,17H,4,6,8,10-11H2,1-2H3,(H,18,19). The number of amides is 1. The number of benzene rings is 1. The van der Waals surface area contributed by atoms with Crippen molar-refractivity contribution in [2.24, 2.45) is 0 Å². The van der Waals surface area contributed by atoms with Gasteiger partial charge in [0.2, 0.25) is 5.91 Å². The van der Waals surface area contributed by atoms with Crippen LogP contribution in [0.4, 0.5) is 0 Å². The summed E-state index contributed by atoms with van der Waals surface area (Å²) in [5.74, 6) is 0.952. The summed E-state index contributed by atoms with van der Waals surface area (Å²) in [5.41, 5.74) is 1.17. The molecule has 0 bridgehead atoms. The zero-order valence-electron chi connectivity index (χ0n) is 12.3. The highest BCUT2D eigenvalue weighted by atomic mass is 16.5. The van der Waals surface area contributed by atoms with Crippen LogP contribution in [0.2, 0.25) is 0 Å². The monoisotopic (exact) mass is 276 g/mol. The molecule has 1 saturated heterocycles. The molecule has 20 heavy (non-hydrogen) atoms. The molecular weight excluding hydrogens is 252 g/mol. The van der Waals surface area contributed by atoms with Crippen LogP contribution in [0.3, 0.4) is 0 Å². The van der Waals surface area contributed by atoms with Crippen LogP contribution in [0.15, 0.2) is 24.3 Å². The number of rotatable bonds is 6. The van der Waals surface area contributed by atoms with Crippen LogP contribution in [0, 0.1) is 6.92 Å². The van der Waals surface area contributed by atoms with Crippen LogP contribution in [0.5, 0.6) is 5.75 Å². The number of aryl methyl sites for hydroxylation is 1. The molecule has 4 heteroatoms. The lowest BCUT2D eigenvalue weighted by molar-refractivity contribution is -0.121. The molecule has 2 unspecified atom stereocenters. The fraction of sp³-hybridized carbons (Fsp3) is 0.562. The fourth-order valence-electron chi connectivity index (χ4n) is 2.45. The summed E-state index contributed by atoms with van der Waals surface area (Å²) >= 11 is 0. The van der Waals surface area contributed by atoms with Gasteiger partial charge in [0.25, 0.3) is 0 Å². The minimum absolute atomic E-state index is 0.0303. The van der Waals surface area contributed by atoms with Crippen LogP contribution in [-0.4, -0.2) is 31.1 Å². The molecule has 110 valence electrons. The van der Waals surface area contributed by atoms with Crippen molar-refractivity contribution >= 4 is 5.91 Å². The van der Waals surface area contributed by atoms with Crippen LogP contribution < -0.4 is 15.4 Å². The molecule has 1 aromatic rings. The predicted octanol–water partition coefficient (Wildman–Crippen LogP) is 2.02. The first-order valence-corrected chi connectivity index (χ1v) is 7.37. The average molecular weight is 276 g/mol. The first-order chi connectivity index (χ1) is 9.63. The minimum atomic E-state index is -0.0303. The Morgan fingerprint density at radius 1 is 1.55 bits per heavy atom. The van der Waals surface area contributed by atoms with Gasteiger partial charge < -0.3 is 15.4 Å². The van der Waals surface area contributed by atoms with Crippen molar-refractivity contribution in [3.8, 4) is 5.75 Å². The van der Waals surface area contributed by atoms with E-state index < -0.39 is 0 Å². The van der Waals surface area contributed by atoms with Gasteiger partial charge in [-0.2, -0.15) is 0 Å². The molecule has 1 fully saturated rings. The molecule has 0 saturated carbocycles. The summed E-state index contributed by atoms with van der Waals surface area (Å²) in [4.78, 5) is 11.8. The molecule has 1 aliphatic heterocycles. The second kappa shape index (κ2) is 7.29. The summed E-state index contributed by atoms with van der Waals surface area (Å²) in [6.45, 7) is 5.58. The van der Waals surface area contributed by atoms with Gasteiger partial charge in [-0.25, -0.2) is 0 Å². The molecule has 0 radical (unpaired) electrons. The van der Waals surface area contributed by atoms with Gasteiger partial charge >= 0.3 is 0 Å². The van der Waals surface area contributed by atoms with E-state index in [0.717, 1.165) is 18.7 Å². The Kier molecular flexibility index (Phi) is 5.41. The van der Waals surface area contributed by atoms with Crippen molar-refractivity contribution in [1.29, 1.82) is 0 Å². The Bertz CT molecular complexity index is 442. The van der Waals surface area contributed by atoms with Crippen LogP contribution in [-0.2, 0) is 4.79 Å².